The van der Waals surface area contributed by atoms with Gasteiger partial charge in [0.05, 0.1) is 11.4 Å². The lowest BCUT2D eigenvalue weighted by Gasteiger charge is -2.37. The largest absolute Gasteiger partial charge is 0.480 e. The molecule has 0 aromatic rings. The summed E-state index contributed by atoms with van der Waals surface area (Å²) < 4.78 is 0. The van der Waals surface area contributed by atoms with E-state index >= 15 is 0 Å². The van der Waals surface area contributed by atoms with Gasteiger partial charge < -0.3 is 15.3 Å². The molecule has 2 rings (SSSR count). The fourth-order valence-electron chi connectivity index (χ4n) is 3.05. The molecule has 0 saturated carbocycles. The summed E-state index contributed by atoms with van der Waals surface area (Å²) in [5.41, 5.74) is 0. The van der Waals surface area contributed by atoms with Crippen LogP contribution >= 0.6 is 11.8 Å². The minimum absolute atomic E-state index is 0.0282. The molecule has 1 amide bonds. The first-order valence-corrected chi connectivity index (χ1v) is 8.38. The average molecular weight is 300 g/mol. The molecular formula is C14H24N2O3S. The summed E-state index contributed by atoms with van der Waals surface area (Å²) in [6.45, 7) is 6.99. The third kappa shape index (κ3) is 2.96. The molecule has 0 aromatic carbocycles. The van der Waals surface area contributed by atoms with Crippen molar-refractivity contribution in [3.63, 3.8) is 0 Å². The SMILES string of the molecule is CC(C)C1SCC(C(=O)O)N1C(=O)C1NCCCC1C. The van der Waals surface area contributed by atoms with Gasteiger partial charge in [-0.1, -0.05) is 20.8 Å². The first kappa shape index (κ1) is 15.6. The van der Waals surface area contributed by atoms with E-state index in [4.69, 9.17) is 0 Å². The van der Waals surface area contributed by atoms with Gasteiger partial charge in [-0.15, -0.1) is 11.8 Å². The smallest absolute Gasteiger partial charge is 0.327 e. The lowest BCUT2D eigenvalue weighted by molar-refractivity contribution is -0.151. The molecule has 6 heteroatoms. The maximum absolute atomic E-state index is 12.8. The average Bonchev–Trinajstić information content (AvgIpc) is 2.83. The highest BCUT2D eigenvalue weighted by molar-refractivity contribution is 8.00. The van der Waals surface area contributed by atoms with Gasteiger partial charge in [-0.2, -0.15) is 0 Å². The summed E-state index contributed by atoms with van der Waals surface area (Å²) in [5, 5.41) is 12.6. The monoisotopic (exact) mass is 300 g/mol. The molecule has 0 aliphatic carbocycles. The highest BCUT2D eigenvalue weighted by Gasteiger charge is 2.45. The Balaban J connectivity index is 2.20. The van der Waals surface area contributed by atoms with E-state index in [1.807, 2.05) is 13.8 Å². The van der Waals surface area contributed by atoms with Crippen LogP contribution in [0.5, 0.6) is 0 Å². The molecule has 0 aromatic heterocycles. The molecule has 2 N–H and O–H groups in total. The Kier molecular flexibility index (Phi) is 4.96. The van der Waals surface area contributed by atoms with Gasteiger partial charge in [-0.05, 0) is 31.2 Å². The van der Waals surface area contributed by atoms with Crippen molar-refractivity contribution in [2.45, 2.75) is 51.1 Å². The first-order valence-electron chi connectivity index (χ1n) is 7.33. The highest BCUT2D eigenvalue weighted by Crippen LogP contribution is 2.35. The second-order valence-corrected chi connectivity index (χ2v) is 7.27. The van der Waals surface area contributed by atoms with Crippen LogP contribution in [0.3, 0.4) is 0 Å². The molecule has 0 radical (unpaired) electrons. The molecule has 2 fully saturated rings. The van der Waals surface area contributed by atoms with Gasteiger partial charge >= 0.3 is 5.97 Å². The fourth-order valence-corrected chi connectivity index (χ4v) is 4.53. The third-order valence-corrected chi connectivity index (χ3v) is 5.80. The Morgan fingerprint density at radius 1 is 1.40 bits per heavy atom. The molecule has 0 bridgehead atoms. The minimum Gasteiger partial charge on any atom is -0.480 e. The number of carbonyl (C=O) groups excluding carboxylic acids is 1. The van der Waals surface area contributed by atoms with Crippen LogP contribution in [-0.4, -0.2) is 51.6 Å². The van der Waals surface area contributed by atoms with Gasteiger partial charge in [0.2, 0.25) is 5.91 Å². The van der Waals surface area contributed by atoms with Crippen molar-refractivity contribution < 1.29 is 14.7 Å². The van der Waals surface area contributed by atoms with E-state index in [9.17, 15) is 14.7 Å². The van der Waals surface area contributed by atoms with E-state index in [2.05, 4.69) is 12.2 Å². The summed E-state index contributed by atoms with van der Waals surface area (Å²) in [4.78, 5) is 25.9. The van der Waals surface area contributed by atoms with Crippen LogP contribution < -0.4 is 5.32 Å². The van der Waals surface area contributed by atoms with Crippen molar-refractivity contribution in [1.29, 1.82) is 0 Å². The van der Waals surface area contributed by atoms with Crippen LogP contribution in [0.4, 0.5) is 0 Å². The van der Waals surface area contributed by atoms with E-state index in [0.717, 1.165) is 19.4 Å². The molecule has 114 valence electrons. The van der Waals surface area contributed by atoms with Crippen LogP contribution in [0.25, 0.3) is 0 Å². The van der Waals surface area contributed by atoms with Gasteiger partial charge in [-0.25, -0.2) is 4.79 Å². The summed E-state index contributed by atoms with van der Waals surface area (Å²) >= 11 is 1.59. The van der Waals surface area contributed by atoms with Crippen molar-refractivity contribution >= 4 is 23.6 Å². The lowest BCUT2D eigenvalue weighted by atomic mass is 9.91. The van der Waals surface area contributed by atoms with E-state index in [-0.39, 0.29) is 29.2 Å². The topological polar surface area (TPSA) is 69.6 Å². The van der Waals surface area contributed by atoms with Crippen molar-refractivity contribution in [2.75, 3.05) is 12.3 Å². The number of aliphatic carboxylic acids is 1. The zero-order chi connectivity index (χ0) is 14.9. The number of hydrogen-bond donors (Lipinski definition) is 2. The molecule has 2 aliphatic rings. The van der Waals surface area contributed by atoms with Crippen LogP contribution in [0, 0.1) is 11.8 Å². The fraction of sp³-hybridized carbons (Fsp3) is 0.857. The molecule has 2 saturated heterocycles. The Bertz CT molecular complexity index is 389. The van der Waals surface area contributed by atoms with Gasteiger partial charge in [0, 0.05) is 5.75 Å². The molecule has 0 spiro atoms. The zero-order valence-electron chi connectivity index (χ0n) is 12.3. The summed E-state index contributed by atoms with van der Waals surface area (Å²) in [5.74, 6) is 0.0902. The van der Waals surface area contributed by atoms with E-state index in [0.29, 0.717) is 5.75 Å². The molecular weight excluding hydrogens is 276 g/mol. The molecule has 4 unspecified atom stereocenters. The molecule has 2 aliphatic heterocycles. The van der Waals surface area contributed by atoms with E-state index in [1.54, 1.807) is 16.7 Å². The standard InChI is InChI=1S/C14H24N2O3S/c1-8(2)13-16(10(7-20-13)14(18)19)12(17)11-9(3)5-4-6-15-11/h8-11,13,15H,4-7H2,1-3H3,(H,18,19). The zero-order valence-corrected chi connectivity index (χ0v) is 13.2. The van der Waals surface area contributed by atoms with E-state index in [1.165, 1.54) is 0 Å². The van der Waals surface area contributed by atoms with Gasteiger partial charge in [0.1, 0.15) is 6.04 Å². The second-order valence-electron chi connectivity index (χ2n) is 6.12. The minimum atomic E-state index is -0.891. The predicted molar refractivity (Wildman–Crippen MR) is 79.5 cm³/mol. The van der Waals surface area contributed by atoms with Crippen LogP contribution in [0.15, 0.2) is 0 Å². The van der Waals surface area contributed by atoms with Crippen LogP contribution in [0.1, 0.15) is 33.6 Å². The molecule has 2 heterocycles. The normalized spacial score (nSPS) is 34.5. The number of carbonyl (C=O) groups is 2. The summed E-state index contributed by atoms with van der Waals surface area (Å²) in [6.07, 6.45) is 2.10. The molecule has 4 atom stereocenters. The number of carboxylic acid groups (broad SMARTS) is 1. The number of nitrogens with zero attached hydrogens (tertiary/aromatic N) is 1. The maximum atomic E-state index is 12.8. The van der Waals surface area contributed by atoms with Crippen LogP contribution in [0.2, 0.25) is 0 Å². The van der Waals surface area contributed by atoms with Gasteiger partial charge in [0.25, 0.3) is 0 Å². The number of nitrogens with one attached hydrogen (secondary N) is 1. The van der Waals surface area contributed by atoms with Gasteiger partial charge in [-0.3, -0.25) is 4.79 Å². The second kappa shape index (κ2) is 6.35. The quantitative estimate of drug-likeness (QED) is 0.824. The first-order chi connectivity index (χ1) is 9.43. The Hall–Kier alpha value is -0.750. The van der Waals surface area contributed by atoms with Crippen molar-refractivity contribution in [3.8, 4) is 0 Å². The summed E-state index contributed by atoms with van der Waals surface area (Å²) in [6, 6.07) is -0.915. The Morgan fingerprint density at radius 3 is 2.65 bits per heavy atom. The Morgan fingerprint density at radius 2 is 2.10 bits per heavy atom. The number of amides is 1. The molecule has 20 heavy (non-hydrogen) atoms. The molecule has 5 nitrogen and oxygen atoms in total. The Labute approximate surface area is 124 Å². The number of carboxylic acids is 1. The van der Waals surface area contributed by atoms with E-state index < -0.39 is 12.0 Å². The summed E-state index contributed by atoms with van der Waals surface area (Å²) in [7, 11) is 0. The number of hydrogen-bond acceptors (Lipinski definition) is 4. The highest BCUT2D eigenvalue weighted by atomic mass is 32.2. The van der Waals surface area contributed by atoms with Crippen molar-refractivity contribution in [3.05, 3.63) is 0 Å². The maximum Gasteiger partial charge on any atom is 0.327 e. The lowest BCUT2D eigenvalue weighted by Crippen LogP contribution is -2.57. The van der Waals surface area contributed by atoms with Crippen molar-refractivity contribution in [1.82, 2.24) is 10.2 Å². The predicted octanol–water partition coefficient (Wildman–Crippen LogP) is 1.39. The number of rotatable bonds is 3. The van der Waals surface area contributed by atoms with Crippen LogP contribution in [-0.2, 0) is 9.59 Å². The third-order valence-electron chi connectivity index (χ3n) is 4.18. The van der Waals surface area contributed by atoms with Crippen molar-refractivity contribution in [2.24, 2.45) is 11.8 Å². The van der Waals surface area contributed by atoms with Gasteiger partial charge in [0.15, 0.2) is 0 Å². The number of piperidine rings is 1. The number of thioether (sulfide) groups is 1.